The van der Waals surface area contributed by atoms with Crippen molar-refractivity contribution in [1.82, 2.24) is 0 Å². The van der Waals surface area contributed by atoms with Crippen molar-refractivity contribution in [1.29, 1.82) is 0 Å². The smallest absolute Gasteiger partial charge is 0.281 e. The van der Waals surface area contributed by atoms with Crippen LogP contribution in [0.25, 0.3) is 0 Å². The fourth-order valence-corrected chi connectivity index (χ4v) is 2.47. The quantitative estimate of drug-likeness (QED) is 0.810. The van der Waals surface area contributed by atoms with Crippen LogP contribution in [0.3, 0.4) is 0 Å². The lowest BCUT2D eigenvalue weighted by Gasteiger charge is -1.88. The van der Waals surface area contributed by atoms with Crippen LogP contribution in [-0.2, 0) is 10.1 Å². The summed E-state index contributed by atoms with van der Waals surface area (Å²) in [6, 6.07) is 10.1. The summed E-state index contributed by atoms with van der Waals surface area (Å²) < 4.78 is 28.9. The van der Waals surface area contributed by atoms with E-state index in [0.29, 0.717) is 10.0 Å². The fourth-order valence-electron chi connectivity index (χ4n) is 0.850. The van der Waals surface area contributed by atoms with Crippen molar-refractivity contribution in [2.75, 3.05) is 0 Å². The van der Waals surface area contributed by atoms with E-state index < -0.39 is 10.1 Å². The molecule has 0 aliphatic rings. The van der Waals surface area contributed by atoms with E-state index >= 15 is 0 Å². The molecule has 1 aromatic heterocycles. The van der Waals surface area contributed by atoms with E-state index in [9.17, 15) is 8.42 Å². The molecule has 2 aromatic rings. The second-order valence-electron chi connectivity index (χ2n) is 2.82. The first-order valence-corrected chi connectivity index (χ1v) is 7.40. The molecule has 7 heteroatoms. The van der Waals surface area contributed by atoms with Gasteiger partial charge in [0.25, 0.3) is 0 Å². The van der Waals surface area contributed by atoms with Gasteiger partial charge < -0.3 is 0 Å². The topological polar surface area (TPSA) is 54.4 Å². The van der Waals surface area contributed by atoms with Gasteiger partial charge in [-0.15, -0.1) is 11.3 Å². The highest BCUT2D eigenvalue weighted by Crippen LogP contribution is 2.19. The number of rotatable bonds is 1. The highest BCUT2D eigenvalue weighted by molar-refractivity contribution is 7.88. The summed E-state index contributed by atoms with van der Waals surface area (Å²) in [6.45, 7) is 0. The molecule has 1 N–H and O–H groups in total. The largest absolute Gasteiger partial charge is 0.304 e. The van der Waals surface area contributed by atoms with E-state index in [-0.39, 0.29) is 4.21 Å². The third-order valence-corrected chi connectivity index (χ3v) is 4.56. The van der Waals surface area contributed by atoms with E-state index in [2.05, 4.69) is 0 Å². The second-order valence-corrected chi connectivity index (χ2v) is 6.23. The minimum absolute atomic E-state index is 0.0116. The van der Waals surface area contributed by atoms with Crippen LogP contribution in [0, 0.1) is 0 Å². The molecule has 2 rings (SSSR count). The third-order valence-electron chi connectivity index (χ3n) is 1.57. The molecule has 0 radical (unpaired) electrons. The normalized spacial score (nSPS) is 10.5. The zero-order valence-electron chi connectivity index (χ0n) is 8.38. The minimum Gasteiger partial charge on any atom is -0.281 e. The fraction of sp³-hybridized carbons (Fsp3) is 0. The first-order valence-electron chi connectivity index (χ1n) is 4.32. The Hall–Kier alpha value is -0.590. The Morgan fingerprint density at radius 1 is 1.00 bits per heavy atom. The zero-order valence-corrected chi connectivity index (χ0v) is 11.5. The number of halogens is 2. The first-order chi connectivity index (χ1) is 7.91. The second kappa shape index (κ2) is 6.37. The van der Waals surface area contributed by atoms with E-state index in [1.54, 1.807) is 23.6 Å². The van der Waals surface area contributed by atoms with Crippen LogP contribution in [0.5, 0.6) is 0 Å². The van der Waals surface area contributed by atoms with Crippen molar-refractivity contribution in [2.45, 2.75) is 4.21 Å². The molecule has 17 heavy (non-hydrogen) atoms. The summed E-state index contributed by atoms with van der Waals surface area (Å²) in [7, 11) is -3.94. The molecule has 92 valence electrons. The van der Waals surface area contributed by atoms with Crippen LogP contribution in [0.1, 0.15) is 0 Å². The van der Waals surface area contributed by atoms with Gasteiger partial charge in [0, 0.05) is 0 Å². The van der Waals surface area contributed by atoms with Gasteiger partial charge in [-0.25, -0.2) is 0 Å². The van der Waals surface area contributed by atoms with Gasteiger partial charge in [0.05, 0.1) is 10.0 Å². The average molecular weight is 311 g/mol. The van der Waals surface area contributed by atoms with Crippen LogP contribution in [0.4, 0.5) is 0 Å². The standard InChI is InChI=1S/C6H4Cl2.C4H4O3S2/c7-5-3-1-2-4-6(5)8;5-9(6,7)4-2-1-3-8-4/h1-4H;1-3H,(H,5,6,7). The van der Waals surface area contributed by atoms with E-state index in [1.165, 1.54) is 6.07 Å². The van der Waals surface area contributed by atoms with Crippen molar-refractivity contribution in [3.05, 3.63) is 51.8 Å². The summed E-state index contributed by atoms with van der Waals surface area (Å²) in [5.41, 5.74) is 0. The van der Waals surface area contributed by atoms with Gasteiger partial charge in [-0.3, -0.25) is 4.55 Å². The Morgan fingerprint density at radius 2 is 1.53 bits per heavy atom. The van der Waals surface area contributed by atoms with Crippen molar-refractivity contribution in [2.24, 2.45) is 0 Å². The maximum atomic E-state index is 10.3. The minimum atomic E-state index is -3.94. The van der Waals surface area contributed by atoms with Crippen molar-refractivity contribution < 1.29 is 13.0 Å². The predicted molar refractivity (Wildman–Crippen MR) is 70.6 cm³/mol. The van der Waals surface area contributed by atoms with E-state index in [1.807, 2.05) is 12.1 Å². The molecule has 0 aliphatic heterocycles. The summed E-state index contributed by atoms with van der Waals surface area (Å²) >= 11 is 12.1. The molecule has 0 atom stereocenters. The molecule has 0 saturated heterocycles. The molecule has 0 spiro atoms. The highest BCUT2D eigenvalue weighted by atomic mass is 35.5. The zero-order chi connectivity index (χ0) is 12.9. The number of thiophene rings is 1. The molecule has 3 nitrogen and oxygen atoms in total. The summed E-state index contributed by atoms with van der Waals surface area (Å²) in [4.78, 5) is 0. The molecule has 0 fully saturated rings. The van der Waals surface area contributed by atoms with Gasteiger partial charge in [0.1, 0.15) is 4.21 Å². The van der Waals surface area contributed by atoms with Crippen molar-refractivity contribution in [3.63, 3.8) is 0 Å². The van der Waals surface area contributed by atoms with Crippen LogP contribution >= 0.6 is 34.5 Å². The van der Waals surface area contributed by atoms with Gasteiger partial charge in [0.2, 0.25) is 0 Å². The summed E-state index contributed by atoms with van der Waals surface area (Å²) in [6.07, 6.45) is 0. The monoisotopic (exact) mass is 310 g/mol. The maximum absolute atomic E-state index is 10.3. The molecule has 0 aliphatic carbocycles. The molecule has 0 amide bonds. The lowest BCUT2D eigenvalue weighted by atomic mass is 10.4. The molecule has 0 saturated carbocycles. The number of hydrogen-bond donors (Lipinski definition) is 1. The number of benzene rings is 1. The molecular formula is C10H8Cl2O3S2. The van der Waals surface area contributed by atoms with Gasteiger partial charge >= 0.3 is 10.1 Å². The van der Waals surface area contributed by atoms with Crippen molar-refractivity contribution in [3.8, 4) is 0 Å². The van der Waals surface area contributed by atoms with E-state index in [0.717, 1.165) is 11.3 Å². The van der Waals surface area contributed by atoms with Gasteiger partial charge in [-0.05, 0) is 23.6 Å². The lowest BCUT2D eigenvalue weighted by molar-refractivity contribution is 0.485. The Balaban J connectivity index is 0.000000171. The molecule has 0 unspecified atom stereocenters. The summed E-state index contributed by atoms with van der Waals surface area (Å²) in [5.74, 6) is 0. The SMILES string of the molecule is Clc1ccccc1Cl.O=S(=O)(O)c1cccs1. The molecule has 0 bridgehead atoms. The van der Waals surface area contributed by atoms with Crippen LogP contribution in [0.15, 0.2) is 46.0 Å². The number of hydrogen-bond acceptors (Lipinski definition) is 3. The third kappa shape index (κ3) is 5.06. The lowest BCUT2D eigenvalue weighted by Crippen LogP contribution is -1.92. The predicted octanol–water partition coefficient (Wildman–Crippen LogP) is 3.99. The molecule has 1 aromatic carbocycles. The molecular weight excluding hydrogens is 303 g/mol. The highest BCUT2D eigenvalue weighted by Gasteiger charge is 2.08. The molecule has 1 heterocycles. The van der Waals surface area contributed by atoms with Crippen LogP contribution < -0.4 is 0 Å². The van der Waals surface area contributed by atoms with Gasteiger partial charge in [-0.1, -0.05) is 41.4 Å². The van der Waals surface area contributed by atoms with Gasteiger partial charge in [0.15, 0.2) is 0 Å². The Kier molecular flexibility index (Phi) is 5.42. The summed E-state index contributed by atoms with van der Waals surface area (Å²) in [5, 5.41) is 2.80. The maximum Gasteiger partial charge on any atom is 0.304 e. The van der Waals surface area contributed by atoms with Crippen LogP contribution in [0.2, 0.25) is 10.0 Å². The first kappa shape index (κ1) is 14.5. The van der Waals surface area contributed by atoms with Gasteiger partial charge in [-0.2, -0.15) is 8.42 Å². The van der Waals surface area contributed by atoms with Crippen LogP contribution in [-0.4, -0.2) is 13.0 Å². The average Bonchev–Trinajstić information content (AvgIpc) is 2.76. The Morgan fingerprint density at radius 3 is 1.76 bits per heavy atom. The Labute approximate surface area is 113 Å². The van der Waals surface area contributed by atoms with Crippen molar-refractivity contribution >= 4 is 44.7 Å². The Bertz CT molecular complexity index is 544. The van der Waals surface area contributed by atoms with E-state index in [4.69, 9.17) is 27.8 Å².